The first-order valence-electron chi connectivity index (χ1n) is 10.4. The third-order valence-corrected chi connectivity index (χ3v) is 6.15. The summed E-state index contributed by atoms with van der Waals surface area (Å²) >= 11 is 0. The zero-order valence-corrected chi connectivity index (χ0v) is 17.6. The van der Waals surface area contributed by atoms with Crippen molar-refractivity contribution in [1.82, 2.24) is 14.7 Å². The molecule has 28 heavy (non-hydrogen) atoms. The number of amides is 3. The summed E-state index contributed by atoms with van der Waals surface area (Å²) in [7, 11) is 0. The molecular weight excluding hydrogens is 352 g/mol. The van der Waals surface area contributed by atoms with Gasteiger partial charge in [0, 0.05) is 43.7 Å². The summed E-state index contributed by atoms with van der Waals surface area (Å²) in [5, 5.41) is 0. The maximum Gasteiger partial charge on any atom is 0.321 e. The van der Waals surface area contributed by atoms with Gasteiger partial charge in [0.05, 0.1) is 6.04 Å². The molecular formula is C22H34N4O2. The summed E-state index contributed by atoms with van der Waals surface area (Å²) < 4.78 is 0. The van der Waals surface area contributed by atoms with E-state index >= 15 is 0 Å². The van der Waals surface area contributed by atoms with Crippen molar-refractivity contribution in [3.05, 3.63) is 35.9 Å². The number of urea groups is 1. The zero-order valence-electron chi connectivity index (χ0n) is 17.6. The second-order valence-corrected chi connectivity index (χ2v) is 9.18. The SMILES string of the molecule is CC(CC(N)=O)N1CCC(N2C(=O)N(C(C)(C)C)C[C@H]2c2ccccc2)CC1. The summed E-state index contributed by atoms with van der Waals surface area (Å²) in [5.74, 6) is -0.255. The minimum Gasteiger partial charge on any atom is -0.370 e. The van der Waals surface area contributed by atoms with Crippen LogP contribution in [-0.4, -0.2) is 63.9 Å². The Morgan fingerprint density at radius 2 is 1.79 bits per heavy atom. The van der Waals surface area contributed by atoms with Crippen molar-refractivity contribution in [1.29, 1.82) is 0 Å². The van der Waals surface area contributed by atoms with Gasteiger partial charge >= 0.3 is 6.03 Å². The molecule has 1 aromatic carbocycles. The normalized spacial score (nSPS) is 23.3. The average molecular weight is 387 g/mol. The van der Waals surface area contributed by atoms with Gasteiger partial charge in [-0.25, -0.2) is 4.79 Å². The van der Waals surface area contributed by atoms with Crippen molar-refractivity contribution in [3.8, 4) is 0 Å². The number of primary amides is 1. The first kappa shape index (κ1) is 20.6. The molecule has 154 valence electrons. The Hall–Kier alpha value is -2.08. The van der Waals surface area contributed by atoms with Crippen LogP contribution in [0.2, 0.25) is 0 Å². The van der Waals surface area contributed by atoms with Crippen molar-refractivity contribution in [3.63, 3.8) is 0 Å². The summed E-state index contributed by atoms with van der Waals surface area (Å²) in [6.07, 6.45) is 2.24. The topological polar surface area (TPSA) is 69.9 Å². The van der Waals surface area contributed by atoms with E-state index in [-0.39, 0.29) is 35.6 Å². The molecule has 0 saturated carbocycles. The third-order valence-electron chi connectivity index (χ3n) is 6.15. The fourth-order valence-electron chi connectivity index (χ4n) is 4.55. The molecule has 2 fully saturated rings. The largest absolute Gasteiger partial charge is 0.370 e. The molecule has 0 aliphatic carbocycles. The predicted molar refractivity (Wildman–Crippen MR) is 111 cm³/mol. The standard InChI is InChI=1S/C22H34N4O2/c1-16(14-20(23)27)24-12-10-18(11-13-24)26-19(17-8-6-5-7-9-17)15-25(21(26)28)22(2,3)4/h5-9,16,18-19H,10-15H2,1-4H3,(H2,23,27)/t16?,19-/m0/s1. The number of rotatable bonds is 5. The van der Waals surface area contributed by atoms with Crippen molar-refractivity contribution in [2.24, 2.45) is 5.73 Å². The van der Waals surface area contributed by atoms with Gasteiger partial charge in [0.25, 0.3) is 0 Å². The fourth-order valence-corrected chi connectivity index (χ4v) is 4.55. The molecule has 6 heteroatoms. The summed E-state index contributed by atoms with van der Waals surface area (Å²) in [5.41, 5.74) is 6.36. The number of nitrogens with zero attached hydrogens (tertiary/aromatic N) is 3. The molecule has 2 heterocycles. The molecule has 2 atom stereocenters. The second kappa shape index (κ2) is 8.11. The van der Waals surface area contributed by atoms with Crippen LogP contribution in [-0.2, 0) is 4.79 Å². The Balaban J connectivity index is 1.76. The highest BCUT2D eigenvalue weighted by atomic mass is 16.2. The van der Waals surface area contributed by atoms with E-state index in [0.29, 0.717) is 6.42 Å². The van der Waals surface area contributed by atoms with Gasteiger partial charge in [0.2, 0.25) is 5.91 Å². The van der Waals surface area contributed by atoms with Crippen molar-refractivity contribution < 1.29 is 9.59 Å². The Bertz CT molecular complexity index is 692. The molecule has 0 radical (unpaired) electrons. The highest BCUT2D eigenvalue weighted by Gasteiger charge is 2.46. The first-order chi connectivity index (χ1) is 13.2. The number of carbonyl (C=O) groups excluding carboxylic acids is 2. The lowest BCUT2D eigenvalue weighted by atomic mass is 9.98. The Morgan fingerprint density at radius 1 is 1.18 bits per heavy atom. The van der Waals surface area contributed by atoms with Gasteiger partial charge in [-0.3, -0.25) is 9.69 Å². The van der Waals surface area contributed by atoms with Crippen LogP contribution in [0.25, 0.3) is 0 Å². The van der Waals surface area contributed by atoms with Crippen LogP contribution < -0.4 is 5.73 Å². The van der Waals surface area contributed by atoms with Crippen LogP contribution in [0.5, 0.6) is 0 Å². The van der Waals surface area contributed by atoms with E-state index in [1.54, 1.807) is 0 Å². The lowest BCUT2D eigenvalue weighted by Crippen LogP contribution is -2.51. The predicted octanol–water partition coefficient (Wildman–Crippen LogP) is 2.99. The molecule has 1 unspecified atom stereocenters. The van der Waals surface area contributed by atoms with E-state index in [1.165, 1.54) is 5.56 Å². The van der Waals surface area contributed by atoms with E-state index < -0.39 is 0 Å². The van der Waals surface area contributed by atoms with Crippen LogP contribution in [0.4, 0.5) is 4.79 Å². The Kier molecular flexibility index (Phi) is 5.98. The van der Waals surface area contributed by atoms with Crippen LogP contribution in [0.1, 0.15) is 58.6 Å². The number of hydrogen-bond acceptors (Lipinski definition) is 3. The minimum absolute atomic E-state index is 0.0903. The quantitative estimate of drug-likeness (QED) is 0.846. The number of piperidine rings is 1. The molecule has 2 saturated heterocycles. The summed E-state index contributed by atoms with van der Waals surface area (Å²) in [4.78, 5) is 31.1. The minimum atomic E-state index is -0.255. The van der Waals surface area contributed by atoms with E-state index in [9.17, 15) is 9.59 Å². The Morgan fingerprint density at radius 3 is 2.32 bits per heavy atom. The fraction of sp³-hybridized carbons (Fsp3) is 0.636. The second-order valence-electron chi connectivity index (χ2n) is 9.18. The Labute approximate surface area is 168 Å². The zero-order chi connectivity index (χ0) is 20.5. The van der Waals surface area contributed by atoms with Gasteiger partial charge in [-0.1, -0.05) is 30.3 Å². The summed E-state index contributed by atoms with van der Waals surface area (Å²) in [6.45, 7) is 10.9. The lowest BCUT2D eigenvalue weighted by molar-refractivity contribution is -0.119. The van der Waals surface area contributed by atoms with Crippen LogP contribution in [0.15, 0.2) is 30.3 Å². The molecule has 0 aromatic heterocycles. The van der Waals surface area contributed by atoms with Crippen LogP contribution >= 0.6 is 0 Å². The highest BCUT2D eigenvalue weighted by Crippen LogP contribution is 2.37. The average Bonchev–Trinajstić information content (AvgIpc) is 2.99. The maximum atomic E-state index is 13.4. The van der Waals surface area contributed by atoms with Gasteiger partial charge in [-0.05, 0) is 46.1 Å². The van der Waals surface area contributed by atoms with E-state index in [2.05, 4.69) is 49.6 Å². The molecule has 3 rings (SSSR count). The van der Waals surface area contributed by atoms with Gasteiger partial charge < -0.3 is 15.5 Å². The third kappa shape index (κ3) is 4.32. The molecule has 1 aromatic rings. The summed E-state index contributed by atoms with van der Waals surface area (Å²) in [6, 6.07) is 11.0. The molecule has 0 spiro atoms. The van der Waals surface area contributed by atoms with Gasteiger partial charge in [-0.15, -0.1) is 0 Å². The number of carbonyl (C=O) groups is 2. The molecule has 0 bridgehead atoms. The molecule has 3 amide bonds. The van der Waals surface area contributed by atoms with E-state index in [1.807, 2.05) is 23.1 Å². The smallest absolute Gasteiger partial charge is 0.321 e. The van der Waals surface area contributed by atoms with Crippen molar-refractivity contribution >= 4 is 11.9 Å². The first-order valence-corrected chi connectivity index (χ1v) is 10.4. The number of nitrogens with two attached hydrogens (primary N) is 1. The van der Waals surface area contributed by atoms with E-state index in [0.717, 1.165) is 32.5 Å². The number of likely N-dealkylation sites (tertiary alicyclic amines) is 1. The van der Waals surface area contributed by atoms with Gasteiger partial charge in [0.15, 0.2) is 0 Å². The van der Waals surface area contributed by atoms with E-state index in [4.69, 9.17) is 5.73 Å². The monoisotopic (exact) mass is 386 g/mol. The van der Waals surface area contributed by atoms with Crippen LogP contribution in [0, 0.1) is 0 Å². The molecule has 6 nitrogen and oxygen atoms in total. The molecule has 2 aliphatic rings. The molecule has 2 aliphatic heterocycles. The van der Waals surface area contributed by atoms with Gasteiger partial charge in [0.1, 0.15) is 0 Å². The maximum absolute atomic E-state index is 13.4. The van der Waals surface area contributed by atoms with Crippen molar-refractivity contribution in [2.45, 2.75) is 70.6 Å². The lowest BCUT2D eigenvalue weighted by Gasteiger charge is -2.41. The highest BCUT2D eigenvalue weighted by molar-refractivity contribution is 5.79. The van der Waals surface area contributed by atoms with Gasteiger partial charge in [-0.2, -0.15) is 0 Å². The van der Waals surface area contributed by atoms with Crippen molar-refractivity contribution in [2.75, 3.05) is 19.6 Å². The molecule has 2 N–H and O–H groups in total. The number of hydrogen-bond donors (Lipinski definition) is 1. The van der Waals surface area contributed by atoms with Crippen LogP contribution in [0.3, 0.4) is 0 Å². The number of benzene rings is 1.